The van der Waals surface area contributed by atoms with Gasteiger partial charge < -0.3 is 19.9 Å². The van der Waals surface area contributed by atoms with Crippen LogP contribution >= 0.6 is 0 Å². The summed E-state index contributed by atoms with van der Waals surface area (Å²) in [5, 5.41) is 10.6. The van der Waals surface area contributed by atoms with E-state index >= 15 is 0 Å². The van der Waals surface area contributed by atoms with Crippen molar-refractivity contribution in [2.45, 2.75) is 0 Å². The van der Waals surface area contributed by atoms with Gasteiger partial charge in [-0.05, 0) is 0 Å². The van der Waals surface area contributed by atoms with Crippen molar-refractivity contribution in [2.24, 2.45) is 0 Å². The summed E-state index contributed by atoms with van der Waals surface area (Å²) in [5.74, 6) is -0.998. The molecule has 0 saturated heterocycles. The van der Waals surface area contributed by atoms with Crippen molar-refractivity contribution >= 4 is 12.4 Å². The lowest BCUT2D eigenvalue weighted by Gasteiger charge is -2.03. The number of ether oxygens (including phenoxy) is 2. The highest BCUT2D eigenvalue weighted by Crippen LogP contribution is 1.77. The zero-order chi connectivity index (χ0) is 9.94. The SMILES string of the molecule is O=CNCCOCCOCC(=O)O. The smallest absolute Gasteiger partial charge is 0.329 e. The van der Waals surface area contributed by atoms with E-state index in [1.807, 2.05) is 0 Å². The first-order chi connectivity index (χ1) is 6.27. The second-order valence-electron chi connectivity index (χ2n) is 2.13. The van der Waals surface area contributed by atoms with Gasteiger partial charge in [-0.1, -0.05) is 0 Å². The average molecular weight is 191 g/mol. The molecule has 0 unspecified atom stereocenters. The Bertz CT molecular complexity index is 150. The molecule has 1 amide bonds. The topological polar surface area (TPSA) is 84.9 Å². The van der Waals surface area contributed by atoms with Gasteiger partial charge in [0.25, 0.3) is 0 Å². The van der Waals surface area contributed by atoms with Crippen molar-refractivity contribution in [2.75, 3.05) is 33.0 Å². The molecule has 0 saturated carbocycles. The Labute approximate surface area is 75.8 Å². The maximum Gasteiger partial charge on any atom is 0.329 e. The summed E-state index contributed by atoms with van der Waals surface area (Å²) < 4.78 is 9.67. The predicted octanol–water partition coefficient (Wildman–Crippen LogP) is -1.15. The van der Waals surface area contributed by atoms with E-state index in [-0.39, 0.29) is 13.2 Å². The van der Waals surface area contributed by atoms with E-state index < -0.39 is 5.97 Å². The van der Waals surface area contributed by atoms with Crippen LogP contribution in [0.2, 0.25) is 0 Å². The van der Waals surface area contributed by atoms with Gasteiger partial charge in [-0.2, -0.15) is 0 Å². The Kier molecular flexibility index (Phi) is 8.17. The minimum Gasteiger partial charge on any atom is -0.480 e. The Morgan fingerprint density at radius 2 is 2.00 bits per heavy atom. The van der Waals surface area contributed by atoms with Gasteiger partial charge >= 0.3 is 5.97 Å². The van der Waals surface area contributed by atoms with Crippen LogP contribution in [0.4, 0.5) is 0 Å². The maximum absolute atomic E-state index is 9.96. The van der Waals surface area contributed by atoms with E-state index in [4.69, 9.17) is 9.84 Å². The highest BCUT2D eigenvalue weighted by Gasteiger charge is 1.95. The minimum absolute atomic E-state index is 0.243. The van der Waals surface area contributed by atoms with Crippen molar-refractivity contribution in [1.29, 1.82) is 0 Å². The van der Waals surface area contributed by atoms with E-state index in [2.05, 4.69) is 10.1 Å². The fraction of sp³-hybridized carbons (Fsp3) is 0.714. The Morgan fingerprint density at radius 1 is 1.31 bits per heavy atom. The second kappa shape index (κ2) is 8.95. The molecule has 0 bridgehead atoms. The van der Waals surface area contributed by atoms with E-state index in [9.17, 15) is 9.59 Å². The van der Waals surface area contributed by atoms with E-state index in [0.29, 0.717) is 26.2 Å². The van der Waals surface area contributed by atoms with Crippen molar-refractivity contribution < 1.29 is 24.2 Å². The van der Waals surface area contributed by atoms with Crippen LogP contribution in [0.25, 0.3) is 0 Å². The molecular weight excluding hydrogens is 178 g/mol. The fourth-order valence-corrected chi connectivity index (χ4v) is 0.569. The molecule has 0 spiro atoms. The van der Waals surface area contributed by atoms with Gasteiger partial charge in [0.1, 0.15) is 6.61 Å². The molecule has 0 heterocycles. The first-order valence-electron chi connectivity index (χ1n) is 3.81. The van der Waals surface area contributed by atoms with Gasteiger partial charge in [-0.15, -0.1) is 0 Å². The number of hydrogen-bond donors (Lipinski definition) is 2. The summed E-state index contributed by atoms with van der Waals surface area (Å²) >= 11 is 0. The van der Waals surface area contributed by atoms with Crippen LogP contribution in [-0.4, -0.2) is 50.5 Å². The number of carbonyl (C=O) groups excluding carboxylic acids is 1. The quantitative estimate of drug-likeness (QED) is 0.355. The van der Waals surface area contributed by atoms with Crippen molar-refractivity contribution in [3.8, 4) is 0 Å². The number of carboxylic acids is 1. The Balaban J connectivity index is 2.91. The third-order valence-corrected chi connectivity index (χ3v) is 1.07. The molecule has 0 aliphatic carbocycles. The van der Waals surface area contributed by atoms with E-state index in [1.165, 1.54) is 0 Å². The molecule has 6 nitrogen and oxygen atoms in total. The fourth-order valence-electron chi connectivity index (χ4n) is 0.569. The summed E-state index contributed by atoms with van der Waals surface area (Å²) in [7, 11) is 0. The molecule has 6 heteroatoms. The molecule has 0 rings (SSSR count). The number of amides is 1. The van der Waals surface area contributed by atoms with Gasteiger partial charge in [0.05, 0.1) is 19.8 Å². The standard InChI is InChI=1S/C7H13NO5/c9-6-8-1-2-12-3-4-13-5-7(10)11/h6H,1-5H2,(H,8,9)(H,10,11). The molecule has 0 aliphatic rings. The third-order valence-electron chi connectivity index (χ3n) is 1.07. The van der Waals surface area contributed by atoms with Gasteiger partial charge in [0.2, 0.25) is 6.41 Å². The summed E-state index contributed by atoms with van der Waals surface area (Å²) in [6.45, 7) is 1.11. The van der Waals surface area contributed by atoms with Crippen LogP contribution < -0.4 is 5.32 Å². The van der Waals surface area contributed by atoms with Crippen molar-refractivity contribution in [1.82, 2.24) is 5.32 Å². The molecule has 0 radical (unpaired) electrons. The number of carboxylic acid groups (broad SMARTS) is 1. The molecule has 0 aromatic carbocycles. The number of rotatable bonds is 9. The monoisotopic (exact) mass is 191 g/mol. The first-order valence-corrected chi connectivity index (χ1v) is 3.81. The maximum atomic E-state index is 9.96. The zero-order valence-corrected chi connectivity index (χ0v) is 7.19. The van der Waals surface area contributed by atoms with Crippen LogP contribution in [0.1, 0.15) is 0 Å². The van der Waals surface area contributed by atoms with Crippen LogP contribution in [0, 0.1) is 0 Å². The Hall–Kier alpha value is -1.14. The highest BCUT2D eigenvalue weighted by atomic mass is 16.5. The predicted molar refractivity (Wildman–Crippen MR) is 43.3 cm³/mol. The van der Waals surface area contributed by atoms with E-state index in [1.54, 1.807) is 0 Å². The third kappa shape index (κ3) is 10.9. The van der Waals surface area contributed by atoms with Gasteiger partial charge in [0, 0.05) is 6.54 Å². The highest BCUT2D eigenvalue weighted by molar-refractivity contribution is 5.67. The number of carbonyl (C=O) groups is 2. The van der Waals surface area contributed by atoms with Gasteiger partial charge in [-0.3, -0.25) is 4.79 Å². The molecule has 0 aromatic heterocycles. The summed E-state index contributed by atoms with van der Waals surface area (Å²) in [6, 6.07) is 0. The molecule has 0 fully saturated rings. The lowest BCUT2D eigenvalue weighted by Crippen LogP contribution is -2.19. The molecule has 76 valence electrons. The number of hydrogen-bond acceptors (Lipinski definition) is 4. The number of aliphatic carboxylic acids is 1. The zero-order valence-electron chi connectivity index (χ0n) is 7.19. The van der Waals surface area contributed by atoms with Crippen LogP contribution in [-0.2, 0) is 19.1 Å². The molecule has 0 atom stereocenters. The minimum atomic E-state index is -0.998. The second-order valence-corrected chi connectivity index (χ2v) is 2.13. The summed E-state index contributed by atoms with van der Waals surface area (Å²) in [6.07, 6.45) is 0.588. The van der Waals surface area contributed by atoms with E-state index in [0.717, 1.165) is 0 Å². The molecule has 0 aromatic rings. The molecular formula is C7H13NO5. The summed E-state index contributed by atoms with van der Waals surface area (Å²) in [4.78, 5) is 19.7. The van der Waals surface area contributed by atoms with Crippen LogP contribution in [0.3, 0.4) is 0 Å². The molecule has 2 N–H and O–H groups in total. The molecule has 0 aliphatic heterocycles. The van der Waals surface area contributed by atoms with Gasteiger partial charge in [0.15, 0.2) is 0 Å². The lowest BCUT2D eigenvalue weighted by atomic mass is 10.6. The van der Waals surface area contributed by atoms with Gasteiger partial charge in [-0.25, -0.2) is 4.79 Å². The van der Waals surface area contributed by atoms with Crippen molar-refractivity contribution in [3.63, 3.8) is 0 Å². The normalized spacial score (nSPS) is 9.54. The average Bonchev–Trinajstić information content (AvgIpc) is 2.09. The number of nitrogens with one attached hydrogen (secondary N) is 1. The first kappa shape index (κ1) is 11.9. The van der Waals surface area contributed by atoms with Crippen LogP contribution in [0.15, 0.2) is 0 Å². The van der Waals surface area contributed by atoms with Crippen LogP contribution in [0.5, 0.6) is 0 Å². The molecule has 13 heavy (non-hydrogen) atoms. The van der Waals surface area contributed by atoms with Crippen molar-refractivity contribution in [3.05, 3.63) is 0 Å². The summed E-state index contributed by atoms with van der Waals surface area (Å²) in [5.41, 5.74) is 0. The Morgan fingerprint density at radius 3 is 2.62 bits per heavy atom. The largest absolute Gasteiger partial charge is 0.480 e. The lowest BCUT2D eigenvalue weighted by molar-refractivity contribution is -0.142.